The van der Waals surface area contributed by atoms with Gasteiger partial charge in [-0.2, -0.15) is 0 Å². The number of ether oxygens (including phenoxy) is 1. The van der Waals surface area contributed by atoms with E-state index in [2.05, 4.69) is 9.72 Å². The van der Waals surface area contributed by atoms with Gasteiger partial charge in [0.15, 0.2) is 0 Å². The van der Waals surface area contributed by atoms with Crippen LogP contribution in [0.15, 0.2) is 6.20 Å². The van der Waals surface area contributed by atoms with Crippen LogP contribution in [0.3, 0.4) is 0 Å². The Labute approximate surface area is 111 Å². The second kappa shape index (κ2) is 5.53. The van der Waals surface area contributed by atoms with Gasteiger partial charge in [0.05, 0.1) is 4.92 Å². The first-order chi connectivity index (χ1) is 9.04. The summed E-state index contributed by atoms with van der Waals surface area (Å²) in [7, 11) is 0. The van der Waals surface area contributed by atoms with Crippen LogP contribution in [0.4, 0.5) is 27.6 Å². The Bertz CT molecular complexity index is 563. The maximum atomic E-state index is 12.7. The molecule has 0 aliphatic carbocycles. The van der Waals surface area contributed by atoms with Crippen molar-refractivity contribution in [2.75, 3.05) is 0 Å². The molecule has 20 heavy (non-hydrogen) atoms. The molecule has 0 fully saturated rings. The number of nitrogens with zero attached hydrogens (tertiary/aromatic N) is 2. The number of halogens is 6. The number of nitro groups is 1. The summed E-state index contributed by atoms with van der Waals surface area (Å²) in [5.41, 5.74) is -4.45. The van der Waals surface area contributed by atoms with E-state index in [4.69, 9.17) is 11.6 Å². The number of hydrogen-bond acceptors (Lipinski definition) is 5. The first kappa shape index (κ1) is 16.0. The average molecular weight is 321 g/mol. The molecular weight excluding hydrogens is 319 g/mol. The van der Waals surface area contributed by atoms with Crippen molar-refractivity contribution in [2.45, 2.75) is 12.8 Å². The summed E-state index contributed by atoms with van der Waals surface area (Å²) in [6.45, 7) is 0. The maximum Gasteiger partial charge on any atom is 0.574 e. The van der Waals surface area contributed by atoms with Gasteiger partial charge in [-0.15, -0.1) is 13.2 Å². The molecule has 0 amide bonds. The topological polar surface area (TPSA) is 82.3 Å². The normalized spacial score (nSPS) is 11.6. The molecule has 0 aliphatic heterocycles. The largest absolute Gasteiger partial charge is 0.574 e. The molecule has 0 unspecified atom stereocenters. The number of carbonyl (C=O) groups is 1. The molecular formula is C8H2ClF5N2O4. The first-order valence-corrected chi connectivity index (χ1v) is 4.83. The summed E-state index contributed by atoms with van der Waals surface area (Å²) in [6, 6.07) is 0. The van der Waals surface area contributed by atoms with Crippen LogP contribution in [0.5, 0.6) is 5.88 Å². The molecule has 0 saturated heterocycles. The summed E-state index contributed by atoms with van der Waals surface area (Å²) in [6.07, 6.45) is -8.86. The molecule has 110 valence electrons. The Balaban J connectivity index is 3.61. The summed E-state index contributed by atoms with van der Waals surface area (Å²) in [4.78, 5) is 23.0. The van der Waals surface area contributed by atoms with Crippen LogP contribution in [0.2, 0.25) is 0 Å². The molecule has 0 saturated carbocycles. The van der Waals surface area contributed by atoms with Crippen molar-refractivity contribution < 1.29 is 36.4 Å². The van der Waals surface area contributed by atoms with Gasteiger partial charge in [-0.05, 0) is 11.6 Å². The van der Waals surface area contributed by atoms with Crippen LogP contribution in [0.25, 0.3) is 0 Å². The van der Waals surface area contributed by atoms with Crippen molar-refractivity contribution in [3.8, 4) is 5.88 Å². The van der Waals surface area contributed by atoms with E-state index in [1.165, 1.54) is 0 Å². The first-order valence-electron chi connectivity index (χ1n) is 4.45. The third kappa shape index (κ3) is 3.50. The Kier molecular flexibility index (Phi) is 4.43. The smallest absolute Gasteiger partial charge is 0.387 e. The molecule has 0 aliphatic rings. The lowest BCUT2D eigenvalue weighted by molar-refractivity contribution is -0.386. The van der Waals surface area contributed by atoms with Crippen molar-refractivity contribution in [1.29, 1.82) is 0 Å². The molecule has 0 spiro atoms. The lowest BCUT2D eigenvalue weighted by Gasteiger charge is -2.13. The van der Waals surface area contributed by atoms with Gasteiger partial charge in [0.1, 0.15) is 17.3 Å². The highest BCUT2D eigenvalue weighted by molar-refractivity contribution is 6.68. The SMILES string of the molecule is O=C(Cl)c1c(OC(F)(F)F)ncc([N+](=O)[O-])c1C(F)F. The van der Waals surface area contributed by atoms with Gasteiger partial charge in [-0.25, -0.2) is 13.8 Å². The molecule has 1 aromatic rings. The van der Waals surface area contributed by atoms with Crippen LogP contribution in [-0.2, 0) is 0 Å². The van der Waals surface area contributed by atoms with Crippen LogP contribution >= 0.6 is 11.6 Å². The van der Waals surface area contributed by atoms with Crippen molar-refractivity contribution in [1.82, 2.24) is 4.98 Å². The third-order valence-electron chi connectivity index (χ3n) is 1.89. The molecule has 0 radical (unpaired) electrons. The van der Waals surface area contributed by atoms with Crippen molar-refractivity contribution in [3.63, 3.8) is 0 Å². The predicted octanol–water partition coefficient (Wildman–Crippen LogP) is 3.21. The van der Waals surface area contributed by atoms with E-state index in [0.717, 1.165) is 0 Å². The Morgan fingerprint density at radius 3 is 2.35 bits per heavy atom. The van der Waals surface area contributed by atoms with Crippen LogP contribution in [-0.4, -0.2) is 21.5 Å². The molecule has 0 N–H and O–H groups in total. The van der Waals surface area contributed by atoms with E-state index in [-0.39, 0.29) is 6.20 Å². The van der Waals surface area contributed by atoms with Crippen LogP contribution in [0.1, 0.15) is 22.3 Å². The second-order valence-electron chi connectivity index (χ2n) is 3.12. The standard InChI is InChI=1S/C8H2ClF5N2O4/c9-5(17)4-3(6(10)11)2(16(18)19)1-15-7(4)20-8(12,13)14/h1,6H. The van der Waals surface area contributed by atoms with Crippen molar-refractivity contribution >= 4 is 22.5 Å². The molecule has 12 heteroatoms. The van der Waals surface area contributed by atoms with Crippen molar-refractivity contribution in [3.05, 3.63) is 27.4 Å². The van der Waals surface area contributed by atoms with Gasteiger partial charge in [-0.1, -0.05) is 0 Å². The average Bonchev–Trinajstić information content (AvgIpc) is 2.24. The molecule has 0 aromatic carbocycles. The number of rotatable bonds is 4. The predicted molar refractivity (Wildman–Crippen MR) is 52.7 cm³/mol. The zero-order valence-corrected chi connectivity index (χ0v) is 9.71. The third-order valence-corrected chi connectivity index (χ3v) is 2.08. The fourth-order valence-corrected chi connectivity index (χ4v) is 1.42. The minimum absolute atomic E-state index is 0.117. The quantitative estimate of drug-likeness (QED) is 0.368. The van der Waals surface area contributed by atoms with Gasteiger partial charge in [0.2, 0.25) is 5.88 Å². The van der Waals surface area contributed by atoms with Gasteiger partial charge in [-0.3, -0.25) is 14.9 Å². The number of alkyl halides is 5. The Morgan fingerprint density at radius 2 is 2.00 bits per heavy atom. The van der Waals surface area contributed by atoms with Crippen molar-refractivity contribution in [2.24, 2.45) is 0 Å². The summed E-state index contributed by atoms with van der Waals surface area (Å²) < 4.78 is 64.8. The fourth-order valence-electron chi connectivity index (χ4n) is 1.24. The monoisotopic (exact) mass is 320 g/mol. The lowest BCUT2D eigenvalue weighted by Crippen LogP contribution is -2.20. The molecule has 0 bridgehead atoms. The van der Waals surface area contributed by atoms with E-state index in [0.29, 0.717) is 0 Å². The van der Waals surface area contributed by atoms with Gasteiger partial charge in [0, 0.05) is 0 Å². The minimum atomic E-state index is -5.34. The number of aromatic nitrogens is 1. The zero-order chi connectivity index (χ0) is 15.7. The Hall–Kier alpha value is -2.04. The van der Waals surface area contributed by atoms with Crippen LogP contribution < -0.4 is 4.74 Å². The highest BCUT2D eigenvalue weighted by Gasteiger charge is 2.38. The number of carbonyl (C=O) groups excluding carboxylic acids is 1. The highest BCUT2D eigenvalue weighted by atomic mass is 35.5. The summed E-state index contributed by atoms with van der Waals surface area (Å²) >= 11 is 4.88. The van der Waals surface area contributed by atoms with E-state index in [1.807, 2.05) is 0 Å². The van der Waals surface area contributed by atoms with Crippen LogP contribution in [0, 0.1) is 10.1 Å². The summed E-state index contributed by atoms with van der Waals surface area (Å²) in [5, 5.41) is 8.72. The van der Waals surface area contributed by atoms with E-state index < -0.39 is 45.6 Å². The minimum Gasteiger partial charge on any atom is -0.387 e. The molecule has 0 atom stereocenters. The molecule has 1 heterocycles. The second-order valence-corrected chi connectivity index (χ2v) is 3.46. The fraction of sp³-hybridized carbons (Fsp3) is 0.250. The lowest BCUT2D eigenvalue weighted by atomic mass is 10.1. The Morgan fingerprint density at radius 1 is 1.45 bits per heavy atom. The molecule has 1 rings (SSSR count). The number of hydrogen-bond donors (Lipinski definition) is 0. The van der Waals surface area contributed by atoms with E-state index >= 15 is 0 Å². The molecule has 6 nitrogen and oxygen atoms in total. The van der Waals surface area contributed by atoms with E-state index in [9.17, 15) is 36.9 Å². The van der Waals surface area contributed by atoms with Gasteiger partial charge >= 0.3 is 6.36 Å². The highest BCUT2D eigenvalue weighted by Crippen LogP contribution is 2.38. The van der Waals surface area contributed by atoms with E-state index in [1.54, 1.807) is 0 Å². The molecule has 1 aromatic heterocycles. The summed E-state index contributed by atoms with van der Waals surface area (Å²) in [5.74, 6) is -1.58. The van der Waals surface area contributed by atoms with Gasteiger partial charge < -0.3 is 4.74 Å². The zero-order valence-electron chi connectivity index (χ0n) is 8.95. The maximum absolute atomic E-state index is 12.7. The number of pyridine rings is 1. The van der Waals surface area contributed by atoms with Gasteiger partial charge in [0.25, 0.3) is 17.4 Å².